The Morgan fingerprint density at radius 1 is 1.06 bits per heavy atom. The molecule has 1 heterocycles. The maximum Gasteiger partial charge on any atom is 0.203 e. The zero-order valence-electron chi connectivity index (χ0n) is 9.98. The third-order valence-corrected chi connectivity index (χ3v) is 5.28. The van der Waals surface area contributed by atoms with E-state index in [2.05, 4.69) is 12.1 Å². The molecule has 5 rings (SSSR count). The van der Waals surface area contributed by atoms with Crippen molar-refractivity contribution in [3.05, 3.63) is 23.7 Å². The van der Waals surface area contributed by atoms with Gasteiger partial charge in [-0.2, -0.15) is 5.26 Å². The molecule has 1 aromatic rings. The van der Waals surface area contributed by atoms with Gasteiger partial charge in [-0.15, -0.1) is 0 Å². The molecular formula is C15H17NO. The van der Waals surface area contributed by atoms with E-state index in [-0.39, 0.29) is 0 Å². The van der Waals surface area contributed by atoms with Gasteiger partial charge in [0.2, 0.25) is 5.76 Å². The first kappa shape index (κ1) is 9.76. The maximum atomic E-state index is 8.89. The standard InChI is InChI=1S/C15H17NO/c16-9-13-1-2-14(17-13)15-6-10-3-11(7-15)5-12(4-10)8-15/h1-2,10-12H,3-8H2. The number of nitriles is 1. The molecule has 0 aliphatic heterocycles. The van der Waals surface area contributed by atoms with Crippen molar-refractivity contribution in [3.63, 3.8) is 0 Å². The summed E-state index contributed by atoms with van der Waals surface area (Å²) in [4.78, 5) is 0. The number of rotatable bonds is 1. The van der Waals surface area contributed by atoms with Crippen LogP contribution in [0.4, 0.5) is 0 Å². The molecule has 2 nitrogen and oxygen atoms in total. The van der Waals surface area contributed by atoms with Crippen molar-refractivity contribution in [2.24, 2.45) is 17.8 Å². The van der Waals surface area contributed by atoms with Crippen molar-refractivity contribution in [2.45, 2.75) is 43.9 Å². The van der Waals surface area contributed by atoms with Gasteiger partial charge in [0.05, 0.1) is 0 Å². The van der Waals surface area contributed by atoms with Crippen LogP contribution in [0.2, 0.25) is 0 Å². The van der Waals surface area contributed by atoms with Crippen molar-refractivity contribution in [1.82, 2.24) is 0 Å². The van der Waals surface area contributed by atoms with Crippen molar-refractivity contribution in [2.75, 3.05) is 0 Å². The van der Waals surface area contributed by atoms with Gasteiger partial charge in [-0.05, 0) is 68.4 Å². The Morgan fingerprint density at radius 2 is 1.65 bits per heavy atom. The van der Waals surface area contributed by atoms with Crippen LogP contribution in [-0.2, 0) is 5.41 Å². The third-order valence-electron chi connectivity index (χ3n) is 5.28. The van der Waals surface area contributed by atoms with Gasteiger partial charge in [0.15, 0.2) is 0 Å². The van der Waals surface area contributed by atoms with E-state index in [1.54, 1.807) is 0 Å². The summed E-state index contributed by atoms with van der Waals surface area (Å²) in [5, 5.41) is 8.89. The first-order valence-corrected chi connectivity index (χ1v) is 6.78. The fourth-order valence-corrected chi connectivity index (χ4v) is 5.10. The summed E-state index contributed by atoms with van der Waals surface area (Å²) in [6, 6.07) is 6.02. The minimum atomic E-state index is 0.295. The van der Waals surface area contributed by atoms with Gasteiger partial charge in [0.1, 0.15) is 11.8 Å². The second kappa shape index (κ2) is 3.16. The summed E-state index contributed by atoms with van der Waals surface area (Å²) in [7, 11) is 0. The summed E-state index contributed by atoms with van der Waals surface area (Å²) < 4.78 is 5.76. The van der Waals surface area contributed by atoms with Crippen molar-refractivity contribution < 1.29 is 4.42 Å². The Kier molecular flexibility index (Phi) is 1.82. The second-order valence-electron chi connectivity index (χ2n) is 6.47. The van der Waals surface area contributed by atoms with Gasteiger partial charge >= 0.3 is 0 Å². The third kappa shape index (κ3) is 1.32. The largest absolute Gasteiger partial charge is 0.450 e. The Balaban J connectivity index is 1.75. The second-order valence-corrected chi connectivity index (χ2v) is 6.47. The van der Waals surface area contributed by atoms with E-state index in [0.717, 1.165) is 23.5 Å². The minimum absolute atomic E-state index is 0.295. The Bertz CT molecular complexity index is 458. The molecule has 0 saturated heterocycles. The molecule has 0 spiro atoms. The highest BCUT2D eigenvalue weighted by Crippen LogP contribution is 2.60. The average molecular weight is 227 g/mol. The molecule has 0 radical (unpaired) electrons. The van der Waals surface area contributed by atoms with Crippen LogP contribution in [-0.4, -0.2) is 0 Å². The van der Waals surface area contributed by atoms with Gasteiger partial charge in [0, 0.05) is 5.41 Å². The summed E-state index contributed by atoms with van der Waals surface area (Å²) >= 11 is 0. The molecule has 1 aromatic heterocycles. The zero-order chi connectivity index (χ0) is 11.5. The first-order valence-electron chi connectivity index (χ1n) is 6.78. The topological polar surface area (TPSA) is 36.9 Å². The molecule has 17 heavy (non-hydrogen) atoms. The molecule has 4 saturated carbocycles. The Hall–Kier alpha value is -1.23. The fraction of sp³-hybridized carbons (Fsp3) is 0.667. The van der Waals surface area contributed by atoms with Crippen LogP contribution in [0.3, 0.4) is 0 Å². The van der Waals surface area contributed by atoms with Crippen LogP contribution >= 0.6 is 0 Å². The maximum absolute atomic E-state index is 8.89. The predicted octanol–water partition coefficient (Wildman–Crippen LogP) is 3.62. The summed E-state index contributed by atoms with van der Waals surface area (Å²) in [6.07, 6.45) is 8.26. The van der Waals surface area contributed by atoms with E-state index in [4.69, 9.17) is 9.68 Å². The van der Waals surface area contributed by atoms with Crippen LogP contribution in [0.1, 0.15) is 50.0 Å². The van der Waals surface area contributed by atoms with E-state index in [1.807, 2.05) is 6.07 Å². The molecule has 4 fully saturated rings. The molecule has 0 unspecified atom stereocenters. The highest BCUT2D eigenvalue weighted by molar-refractivity contribution is 5.26. The lowest BCUT2D eigenvalue weighted by Crippen LogP contribution is -2.48. The minimum Gasteiger partial charge on any atom is -0.450 e. The van der Waals surface area contributed by atoms with E-state index in [0.29, 0.717) is 11.2 Å². The van der Waals surface area contributed by atoms with Gasteiger partial charge in [-0.25, -0.2) is 0 Å². The average Bonchev–Trinajstić information content (AvgIpc) is 2.76. The van der Waals surface area contributed by atoms with Gasteiger partial charge in [0.25, 0.3) is 0 Å². The molecule has 0 atom stereocenters. The SMILES string of the molecule is N#Cc1ccc(C23CC4CC(CC(C4)C2)C3)o1. The van der Waals surface area contributed by atoms with Gasteiger partial charge < -0.3 is 4.42 Å². The van der Waals surface area contributed by atoms with E-state index < -0.39 is 0 Å². The van der Waals surface area contributed by atoms with Crippen LogP contribution in [0.5, 0.6) is 0 Å². The van der Waals surface area contributed by atoms with E-state index in [1.165, 1.54) is 38.5 Å². The summed E-state index contributed by atoms with van der Waals surface area (Å²) in [5.41, 5.74) is 0.295. The van der Waals surface area contributed by atoms with Gasteiger partial charge in [-0.1, -0.05) is 0 Å². The first-order chi connectivity index (χ1) is 8.27. The highest BCUT2D eigenvalue weighted by Gasteiger charge is 2.53. The monoisotopic (exact) mass is 227 g/mol. The molecular weight excluding hydrogens is 210 g/mol. The van der Waals surface area contributed by atoms with Crippen molar-refractivity contribution in [1.29, 1.82) is 5.26 Å². The lowest BCUT2D eigenvalue weighted by Gasteiger charge is -2.55. The van der Waals surface area contributed by atoms with E-state index in [9.17, 15) is 0 Å². The van der Waals surface area contributed by atoms with Crippen molar-refractivity contribution in [3.8, 4) is 6.07 Å². The lowest BCUT2D eigenvalue weighted by atomic mass is 9.49. The quantitative estimate of drug-likeness (QED) is 0.734. The highest BCUT2D eigenvalue weighted by atomic mass is 16.3. The number of nitrogens with zero attached hydrogens (tertiary/aromatic N) is 1. The van der Waals surface area contributed by atoms with E-state index >= 15 is 0 Å². The number of hydrogen-bond donors (Lipinski definition) is 0. The molecule has 0 N–H and O–H groups in total. The molecule has 0 amide bonds. The van der Waals surface area contributed by atoms with Crippen molar-refractivity contribution >= 4 is 0 Å². The molecule has 4 aliphatic carbocycles. The zero-order valence-corrected chi connectivity index (χ0v) is 9.98. The fourth-order valence-electron chi connectivity index (χ4n) is 5.10. The van der Waals surface area contributed by atoms with Crippen LogP contribution in [0, 0.1) is 29.1 Å². The molecule has 4 aliphatic rings. The lowest BCUT2D eigenvalue weighted by molar-refractivity contribution is -0.0153. The summed E-state index contributed by atoms with van der Waals surface area (Å²) in [6.45, 7) is 0. The smallest absolute Gasteiger partial charge is 0.203 e. The Morgan fingerprint density at radius 3 is 2.12 bits per heavy atom. The predicted molar refractivity (Wildman–Crippen MR) is 63.3 cm³/mol. The summed E-state index contributed by atoms with van der Waals surface area (Å²) in [5.74, 6) is 4.37. The Labute approximate surface area is 102 Å². The number of furan rings is 1. The molecule has 4 bridgehead atoms. The van der Waals surface area contributed by atoms with Crippen LogP contribution in [0.25, 0.3) is 0 Å². The molecule has 2 heteroatoms. The molecule has 88 valence electrons. The number of hydrogen-bond acceptors (Lipinski definition) is 2. The van der Waals surface area contributed by atoms with Gasteiger partial charge in [-0.3, -0.25) is 0 Å². The van der Waals surface area contributed by atoms with Crippen LogP contribution in [0.15, 0.2) is 16.5 Å². The van der Waals surface area contributed by atoms with Crippen LogP contribution < -0.4 is 0 Å². The normalized spacial score (nSPS) is 42.6. The molecule has 0 aromatic carbocycles.